The molecule has 1 aromatic carbocycles. The Balaban J connectivity index is 1.82. The first-order valence-corrected chi connectivity index (χ1v) is 7.57. The van der Waals surface area contributed by atoms with Crippen molar-refractivity contribution in [1.82, 2.24) is 9.38 Å². The highest BCUT2D eigenvalue weighted by Gasteiger charge is 2.09. The lowest BCUT2D eigenvalue weighted by molar-refractivity contribution is 0.682. The summed E-state index contributed by atoms with van der Waals surface area (Å²) in [5, 5.41) is 1.98. The Labute approximate surface area is 111 Å². The number of thiazole rings is 1. The Morgan fingerprint density at radius 3 is 2.83 bits per heavy atom. The van der Waals surface area contributed by atoms with Gasteiger partial charge in [0.05, 0.1) is 22.2 Å². The highest BCUT2D eigenvalue weighted by molar-refractivity contribution is 7.84. The smallest absolute Gasteiger partial charge is 0.193 e. The van der Waals surface area contributed by atoms with E-state index in [1.165, 1.54) is 0 Å². The van der Waals surface area contributed by atoms with E-state index in [2.05, 4.69) is 4.98 Å². The average Bonchev–Trinajstić information content (AvgIpc) is 2.90. The minimum atomic E-state index is -1.08. The average molecular weight is 277 g/mol. The summed E-state index contributed by atoms with van der Waals surface area (Å²) < 4.78 is 14.1. The molecule has 2 heterocycles. The molecule has 0 saturated carbocycles. The fraction of sp³-hybridized carbons (Fsp3) is 0.0833. The van der Waals surface area contributed by atoms with Crippen LogP contribution in [0, 0.1) is 0 Å². The molecular formula is C12H11N3OS2. The summed E-state index contributed by atoms with van der Waals surface area (Å²) in [6, 6.07) is 7.12. The van der Waals surface area contributed by atoms with Crippen LogP contribution in [0.1, 0.15) is 5.69 Å². The Morgan fingerprint density at radius 1 is 1.33 bits per heavy atom. The SMILES string of the molecule is Nc1ccc(S(=O)Cc2cn3ccsc3n2)cc1. The second-order valence-electron chi connectivity index (χ2n) is 3.88. The molecule has 6 heteroatoms. The van der Waals surface area contributed by atoms with Crippen molar-refractivity contribution in [3.63, 3.8) is 0 Å². The molecule has 3 rings (SSSR count). The van der Waals surface area contributed by atoms with E-state index in [-0.39, 0.29) is 0 Å². The van der Waals surface area contributed by atoms with Gasteiger partial charge in [-0.05, 0) is 24.3 Å². The van der Waals surface area contributed by atoms with Gasteiger partial charge >= 0.3 is 0 Å². The van der Waals surface area contributed by atoms with Gasteiger partial charge in [-0.3, -0.25) is 8.61 Å². The van der Waals surface area contributed by atoms with Crippen LogP contribution in [0.2, 0.25) is 0 Å². The van der Waals surface area contributed by atoms with Gasteiger partial charge in [0.15, 0.2) is 4.96 Å². The Bertz CT molecular complexity index is 671. The van der Waals surface area contributed by atoms with E-state index in [1.807, 2.05) is 22.2 Å². The molecule has 0 aliphatic carbocycles. The molecule has 0 spiro atoms. The quantitative estimate of drug-likeness (QED) is 0.747. The van der Waals surface area contributed by atoms with Crippen molar-refractivity contribution in [3.05, 3.63) is 47.7 Å². The van der Waals surface area contributed by atoms with Crippen LogP contribution in [0.4, 0.5) is 5.69 Å². The van der Waals surface area contributed by atoms with Crippen LogP contribution in [0.15, 0.2) is 46.9 Å². The zero-order chi connectivity index (χ0) is 12.5. The van der Waals surface area contributed by atoms with Crippen LogP contribution >= 0.6 is 11.3 Å². The number of nitrogen functional groups attached to an aromatic ring is 1. The third-order valence-corrected chi connectivity index (χ3v) is 4.69. The Morgan fingerprint density at radius 2 is 2.11 bits per heavy atom. The Kier molecular flexibility index (Phi) is 2.89. The van der Waals surface area contributed by atoms with Gasteiger partial charge in [-0.1, -0.05) is 0 Å². The van der Waals surface area contributed by atoms with E-state index in [0.717, 1.165) is 15.6 Å². The summed E-state index contributed by atoms with van der Waals surface area (Å²) in [6.45, 7) is 0. The molecule has 0 bridgehead atoms. The molecule has 1 atom stereocenters. The molecule has 92 valence electrons. The second kappa shape index (κ2) is 4.55. The molecular weight excluding hydrogens is 266 g/mol. The van der Waals surface area contributed by atoms with Crippen LogP contribution in [0.3, 0.4) is 0 Å². The Hall–Kier alpha value is -1.66. The molecule has 0 radical (unpaired) electrons. The molecule has 0 aliphatic rings. The van der Waals surface area contributed by atoms with Gasteiger partial charge < -0.3 is 5.73 Å². The van der Waals surface area contributed by atoms with Crippen molar-refractivity contribution in [1.29, 1.82) is 0 Å². The third kappa shape index (κ3) is 2.16. The molecule has 18 heavy (non-hydrogen) atoms. The highest BCUT2D eigenvalue weighted by Crippen LogP contribution is 2.16. The summed E-state index contributed by atoms with van der Waals surface area (Å²) in [6.07, 6.45) is 3.86. The van der Waals surface area contributed by atoms with Gasteiger partial charge in [-0.15, -0.1) is 11.3 Å². The zero-order valence-corrected chi connectivity index (χ0v) is 11.1. The lowest BCUT2D eigenvalue weighted by Gasteiger charge is -2.00. The van der Waals surface area contributed by atoms with Crippen molar-refractivity contribution in [2.75, 3.05) is 5.73 Å². The van der Waals surface area contributed by atoms with Gasteiger partial charge in [-0.2, -0.15) is 0 Å². The summed E-state index contributed by atoms with van der Waals surface area (Å²) in [5.74, 6) is 0.429. The van der Waals surface area contributed by atoms with Gasteiger partial charge in [0.2, 0.25) is 0 Å². The number of nitrogens with two attached hydrogens (primary N) is 1. The van der Waals surface area contributed by atoms with Crippen LogP contribution < -0.4 is 5.73 Å². The van der Waals surface area contributed by atoms with Crippen LogP contribution in [-0.2, 0) is 16.6 Å². The lowest BCUT2D eigenvalue weighted by atomic mass is 10.3. The normalized spacial score (nSPS) is 12.9. The maximum atomic E-state index is 12.1. The summed E-state index contributed by atoms with van der Waals surface area (Å²) >= 11 is 1.57. The number of rotatable bonds is 3. The van der Waals surface area contributed by atoms with Crippen LogP contribution in [0.5, 0.6) is 0 Å². The van der Waals surface area contributed by atoms with Crippen molar-refractivity contribution in [3.8, 4) is 0 Å². The topological polar surface area (TPSA) is 60.4 Å². The first kappa shape index (κ1) is 11.4. The number of fused-ring (bicyclic) bond motifs is 1. The minimum Gasteiger partial charge on any atom is -0.399 e. The fourth-order valence-corrected chi connectivity index (χ4v) is 3.42. The monoisotopic (exact) mass is 277 g/mol. The summed E-state index contributed by atoms with van der Waals surface area (Å²) in [7, 11) is -1.08. The number of imidazole rings is 1. The number of hydrogen-bond acceptors (Lipinski definition) is 4. The molecule has 2 aromatic heterocycles. The minimum absolute atomic E-state index is 0.429. The van der Waals surface area contributed by atoms with E-state index < -0.39 is 10.8 Å². The standard InChI is InChI=1S/C12H11N3OS2/c13-9-1-3-11(4-2-9)18(16)8-10-7-15-5-6-17-12(15)14-10/h1-7H,8,13H2. The molecule has 0 amide bonds. The van der Waals surface area contributed by atoms with E-state index in [1.54, 1.807) is 35.6 Å². The van der Waals surface area contributed by atoms with Crippen molar-refractivity contribution >= 4 is 32.8 Å². The number of hydrogen-bond donors (Lipinski definition) is 1. The lowest BCUT2D eigenvalue weighted by Crippen LogP contribution is -1.97. The van der Waals surface area contributed by atoms with Gasteiger partial charge in [-0.25, -0.2) is 4.98 Å². The van der Waals surface area contributed by atoms with Crippen LogP contribution in [0.25, 0.3) is 4.96 Å². The molecule has 0 saturated heterocycles. The van der Waals surface area contributed by atoms with Crippen LogP contribution in [-0.4, -0.2) is 13.6 Å². The number of nitrogens with zero attached hydrogens (tertiary/aromatic N) is 2. The second-order valence-corrected chi connectivity index (χ2v) is 6.21. The maximum Gasteiger partial charge on any atom is 0.193 e. The first-order valence-electron chi connectivity index (χ1n) is 5.37. The van der Waals surface area contributed by atoms with E-state index in [0.29, 0.717) is 11.4 Å². The van der Waals surface area contributed by atoms with Gasteiger partial charge in [0.25, 0.3) is 0 Å². The van der Waals surface area contributed by atoms with E-state index >= 15 is 0 Å². The summed E-state index contributed by atoms with van der Waals surface area (Å²) in [5.41, 5.74) is 7.13. The van der Waals surface area contributed by atoms with Crippen molar-refractivity contribution < 1.29 is 4.21 Å². The molecule has 0 fully saturated rings. The van der Waals surface area contributed by atoms with E-state index in [4.69, 9.17) is 5.73 Å². The predicted octanol–water partition coefficient (Wildman–Crippen LogP) is 2.29. The zero-order valence-electron chi connectivity index (χ0n) is 9.45. The first-order chi connectivity index (χ1) is 8.72. The van der Waals surface area contributed by atoms with Crippen molar-refractivity contribution in [2.45, 2.75) is 10.6 Å². The molecule has 4 nitrogen and oxygen atoms in total. The maximum absolute atomic E-state index is 12.1. The fourth-order valence-electron chi connectivity index (χ4n) is 1.68. The molecule has 2 N–H and O–H groups in total. The van der Waals surface area contributed by atoms with Gasteiger partial charge in [0.1, 0.15) is 0 Å². The number of anilines is 1. The predicted molar refractivity (Wildman–Crippen MR) is 74.0 cm³/mol. The number of aromatic nitrogens is 2. The van der Waals surface area contributed by atoms with Gasteiger partial charge in [0, 0.05) is 28.4 Å². The molecule has 3 aromatic rings. The summed E-state index contributed by atoms with van der Waals surface area (Å²) in [4.78, 5) is 6.13. The van der Waals surface area contributed by atoms with E-state index in [9.17, 15) is 4.21 Å². The molecule has 1 unspecified atom stereocenters. The largest absolute Gasteiger partial charge is 0.399 e. The number of benzene rings is 1. The highest BCUT2D eigenvalue weighted by atomic mass is 32.2. The third-order valence-electron chi connectivity index (χ3n) is 2.57. The van der Waals surface area contributed by atoms with Crippen molar-refractivity contribution in [2.24, 2.45) is 0 Å². The molecule has 0 aliphatic heterocycles.